The van der Waals surface area contributed by atoms with E-state index >= 15 is 0 Å². The van der Waals surface area contributed by atoms with Crippen molar-refractivity contribution in [1.82, 2.24) is 0 Å². The predicted molar refractivity (Wildman–Crippen MR) is 83.1 cm³/mol. The molecule has 21 heavy (non-hydrogen) atoms. The largest absolute Gasteiger partial charge is 0.343 e. The average molecular weight is 343 g/mol. The smallest absolute Gasteiger partial charge is 0.259 e. The van der Waals surface area contributed by atoms with E-state index in [-0.39, 0.29) is 23.9 Å². The lowest BCUT2D eigenvalue weighted by Gasteiger charge is -2.20. The Hall–Kier alpha value is -2.14. The first-order valence-corrected chi connectivity index (χ1v) is 7.44. The quantitative estimate of drug-likeness (QED) is 0.622. The van der Waals surface area contributed by atoms with Crippen molar-refractivity contribution < 1.29 is 9.59 Å². The van der Waals surface area contributed by atoms with Crippen LogP contribution in [0.1, 0.15) is 0 Å². The second-order valence-electron chi connectivity index (χ2n) is 5.12. The highest BCUT2D eigenvalue weighted by Crippen LogP contribution is 2.43. The number of amides is 2. The lowest BCUT2D eigenvalue weighted by molar-refractivity contribution is -0.122. The third-order valence-corrected chi connectivity index (χ3v) is 4.42. The lowest BCUT2D eigenvalue weighted by atomic mass is 10.3. The van der Waals surface area contributed by atoms with Crippen LogP contribution in [-0.4, -0.2) is 23.9 Å². The van der Waals surface area contributed by atoms with Crippen LogP contribution in [0.5, 0.6) is 0 Å². The molecule has 4 nitrogen and oxygen atoms in total. The van der Waals surface area contributed by atoms with Gasteiger partial charge in [-0.2, -0.15) is 0 Å². The highest BCUT2D eigenvalue weighted by atomic mass is 79.9. The van der Waals surface area contributed by atoms with E-state index in [1.54, 1.807) is 12.1 Å². The number of para-hydroxylation sites is 1. The van der Waals surface area contributed by atoms with Gasteiger partial charge in [0.15, 0.2) is 0 Å². The van der Waals surface area contributed by atoms with Gasteiger partial charge in [0.25, 0.3) is 11.8 Å². The summed E-state index contributed by atoms with van der Waals surface area (Å²) in [5, 5.41) is 0. The van der Waals surface area contributed by atoms with Crippen molar-refractivity contribution in [2.24, 2.45) is 0 Å². The van der Waals surface area contributed by atoms with E-state index in [2.05, 4.69) is 15.9 Å². The van der Waals surface area contributed by atoms with Crippen LogP contribution >= 0.6 is 15.9 Å². The standard InChI is InChI=1S/C16H11BrN2O2/c17-10-6-8-12(9-7-10)19-15(20)13-14(16(19)21)18(13)11-4-2-1-3-5-11/h1-9,13-14H. The number of hydrogen-bond acceptors (Lipinski definition) is 3. The number of fused-ring (bicyclic) bond motifs is 1. The van der Waals surface area contributed by atoms with E-state index in [9.17, 15) is 9.59 Å². The van der Waals surface area contributed by atoms with E-state index < -0.39 is 0 Å². The Morgan fingerprint density at radius 1 is 0.762 bits per heavy atom. The summed E-state index contributed by atoms with van der Waals surface area (Å²) in [4.78, 5) is 28.1. The van der Waals surface area contributed by atoms with Crippen molar-refractivity contribution in [3.8, 4) is 0 Å². The Labute approximate surface area is 130 Å². The summed E-state index contributed by atoms with van der Waals surface area (Å²) in [6.07, 6.45) is 0. The van der Waals surface area contributed by atoms with Crippen molar-refractivity contribution in [2.45, 2.75) is 12.1 Å². The number of halogens is 1. The van der Waals surface area contributed by atoms with Gasteiger partial charge in [0.05, 0.1) is 5.69 Å². The Morgan fingerprint density at radius 3 is 1.90 bits per heavy atom. The number of rotatable bonds is 2. The van der Waals surface area contributed by atoms with Crippen LogP contribution < -0.4 is 9.80 Å². The van der Waals surface area contributed by atoms with Crippen molar-refractivity contribution >= 4 is 39.1 Å². The summed E-state index contributed by atoms with van der Waals surface area (Å²) in [5.74, 6) is -0.285. The minimum absolute atomic E-state index is 0.142. The molecule has 0 aliphatic carbocycles. The summed E-state index contributed by atoms with van der Waals surface area (Å²) < 4.78 is 0.918. The van der Waals surface area contributed by atoms with E-state index in [1.165, 1.54) is 4.90 Å². The van der Waals surface area contributed by atoms with Gasteiger partial charge in [-0.05, 0) is 36.4 Å². The molecule has 0 aromatic heterocycles. The number of piperazine rings is 1. The SMILES string of the molecule is O=C1C2C(C(=O)N1c1ccc(Br)cc1)N2c1ccccc1. The van der Waals surface area contributed by atoms with E-state index in [0.717, 1.165) is 10.2 Å². The molecular formula is C16H11BrN2O2. The molecule has 2 aromatic carbocycles. The van der Waals surface area contributed by atoms with Gasteiger partial charge in [-0.15, -0.1) is 0 Å². The number of benzene rings is 2. The molecule has 0 radical (unpaired) electrons. The van der Waals surface area contributed by atoms with E-state index in [4.69, 9.17) is 0 Å². The van der Waals surface area contributed by atoms with Crippen LogP contribution in [0.2, 0.25) is 0 Å². The minimum Gasteiger partial charge on any atom is -0.343 e. The second kappa shape index (κ2) is 4.43. The van der Waals surface area contributed by atoms with Crippen LogP contribution in [-0.2, 0) is 9.59 Å². The third-order valence-electron chi connectivity index (χ3n) is 3.89. The van der Waals surface area contributed by atoms with Crippen molar-refractivity contribution in [3.05, 3.63) is 59.1 Å². The molecule has 2 amide bonds. The molecule has 2 aliphatic heterocycles. The van der Waals surface area contributed by atoms with Gasteiger partial charge in [0, 0.05) is 10.2 Å². The summed E-state index contributed by atoms with van der Waals surface area (Å²) in [6, 6.07) is 16.1. The zero-order valence-corrected chi connectivity index (χ0v) is 12.5. The van der Waals surface area contributed by atoms with Crippen LogP contribution in [0.25, 0.3) is 0 Å². The first-order valence-electron chi connectivity index (χ1n) is 6.65. The number of nitrogens with zero attached hydrogens (tertiary/aromatic N) is 2. The molecule has 2 fully saturated rings. The lowest BCUT2D eigenvalue weighted by Crippen LogP contribution is -2.38. The Bertz CT molecular complexity index is 708. The zero-order chi connectivity index (χ0) is 14.6. The maximum Gasteiger partial charge on any atom is 0.259 e. The molecule has 2 atom stereocenters. The topological polar surface area (TPSA) is 40.4 Å². The molecular weight excluding hydrogens is 332 g/mol. The van der Waals surface area contributed by atoms with E-state index in [0.29, 0.717) is 5.69 Å². The van der Waals surface area contributed by atoms with Gasteiger partial charge in [0.2, 0.25) is 0 Å². The molecule has 4 rings (SSSR count). The van der Waals surface area contributed by atoms with Crippen LogP contribution in [0.4, 0.5) is 11.4 Å². The molecule has 0 saturated carbocycles. The number of imide groups is 1. The van der Waals surface area contributed by atoms with Gasteiger partial charge >= 0.3 is 0 Å². The number of anilines is 2. The molecule has 0 spiro atoms. The predicted octanol–water partition coefficient (Wildman–Crippen LogP) is 2.58. The maximum absolute atomic E-state index is 12.5. The molecule has 0 bridgehead atoms. The normalized spacial score (nSPS) is 23.5. The summed E-state index contributed by atoms with van der Waals surface area (Å²) in [5.41, 5.74) is 1.55. The Morgan fingerprint density at radius 2 is 1.33 bits per heavy atom. The van der Waals surface area contributed by atoms with Crippen molar-refractivity contribution in [3.63, 3.8) is 0 Å². The van der Waals surface area contributed by atoms with Gasteiger partial charge in [0.1, 0.15) is 12.1 Å². The minimum atomic E-state index is -0.344. The molecule has 2 heterocycles. The van der Waals surface area contributed by atoms with Gasteiger partial charge < -0.3 is 4.90 Å². The van der Waals surface area contributed by atoms with Crippen molar-refractivity contribution in [2.75, 3.05) is 9.80 Å². The van der Waals surface area contributed by atoms with Gasteiger partial charge in [-0.25, -0.2) is 4.90 Å². The Kier molecular flexibility index (Phi) is 2.65. The fourth-order valence-corrected chi connectivity index (χ4v) is 3.14. The molecule has 2 saturated heterocycles. The number of hydrogen-bond donors (Lipinski definition) is 0. The highest BCUT2D eigenvalue weighted by molar-refractivity contribution is 9.10. The molecule has 2 aliphatic rings. The van der Waals surface area contributed by atoms with Gasteiger partial charge in [-0.3, -0.25) is 9.59 Å². The van der Waals surface area contributed by atoms with Crippen molar-refractivity contribution in [1.29, 1.82) is 0 Å². The number of carbonyl (C=O) groups is 2. The molecule has 2 unspecified atom stereocenters. The van der Waals surface area contributed by atoms with E-state index in [1.807, 2.05) is 47.4 Å². The van der Waals surface area contributed by atoms with Crippen LogP contribution in [0.3, 0.4) is 0 Å². The first kappa shape index (κ1) is 12.6. The number of carbonyl (C=O) groups excluding carboxylic acids is 2. The van der Waals surface area contributed by atoms with Crippen LogP contribution in [0.15, 0.2) is 59.1 Å². The fraction of sp³-hybridized carbons (Fsp3) is 0.125. The van der Waals surface area contributed by atoms with Crippen LogP contribution in [0, 0.1) is 0 Å². The Balaban J connectivity index is 1.63. The molecule has 104 valence electrons. The maximum atomic E-state index is 12.5. The molecule has 2 aromatic rings. The van der Waals surface area contributed by atoms with Gasteiger partial charge in [-0.1, -0.05) is 34.1 Å². The fourth-order valence-electron chi connectivity index (χ4n) is 2.88. The summed E-state index contributed by atoms with van der Waals surface area (Å²) >= 11 is 3.35. The third kappa shape index (κ3) is 1.81. The molecule has 0 N–H and O–H groups in total. The monoisotopic (exact) mass is 342 g/mol. The summed E-state index contributed by atoms with van der Waals surface area (Å²) in [7, 11) is 0. The second-order valence-corrected chi connectivity index (χ2v) is 6.04. The zero-order valence-electron chi connectivity index (χ0n) is 10.9. The summed E-state index contributed by atoms with van der Waals surface area (Å²) in [6.45, 7) is 0. The first-order chi connectivity index (χ1) is 10.2. The highest BCUT2D eigenvalue weighted by Gasteiger charge is 2.66. The average Bonchev–Trinajstić information content (AvgIpc) is 3.20. The molecule has 5 heteroatoms.